The third-order valence-electron chi connectivity index (χ3n) is 6.18. The average Bonchev–Trinajstić information content (AvgIpc) is 3.48. The molecule has 0 unspecified atom stereocenters. The van der Waals surface area contributed by atoms with Gasteiger partial charge in [-0.05, 0) is 56.2 Å². The van der Waals surface area contributed by atoms with E-state index in [9.17, 15) is 18.0 Å². The zero-order valence-electron chi connectivity index (χ0n) is 17.7. The highest BCUT2D eigenvalue weighted by molar-refractivity contribution is 5.92. The molecule has 2 aromatic rings. The number of hydrogen-bond donors (Lipinski definition) is 0. The number of hydrogen-bond acceptors (Lipinski definition) is 4. The van der Waals surface area contributed by atoms with Crippen LogP contribution in [0.3, 0.4) is 0 Å². The van der Waals surface area contributed by atoms with Crippen molar-refractivity contribution in [2.75, 3.05) is 33.2 Å². The van der Waals surface area contributed by atoms with Crippen molar-refractivity contribution in [1.29, 1.82) is 0 Å². The van der Waals surface area contributed by atoms with E-state index in [2.05, 4.69) is 10.1 Å². The summed E-state index contributed by atoms with van der Waals surface area (Å²) in [6, 6.07) is 7.32. The van der Waals surface area contributed by atoms with Crippen LogP contribution in [0.1, 0.15) is 59.0 Å². The van der Waals surface area contributed by atoms with Gasteiger partial charge >= 0.3 is 6.18 Å². The highest BCUT2D eigenvalue weighted by atomic mass is 19.4. The molecule has 5 nitrogen and oxygen atoms in total. The van der Waals surface area contributed by atoms with Gasteiger partial charge in [0.05, 0.1) is 5.56 Å². The van der Waals surface area contributed by atoms with Crippen molar-refractivity contribution >= 4 is 5.91 Å². The average molecular weight is 435 g/mol. The van der Waals surface area contributed by atoms with Crippen molar-refractivity contribution in [2.24, 2.45) is 5.92 Å². The summed E-state index contributed by atoms with van der Waals surface area (Å²) in [4.78, 5) is 16.7. The van der Waals surface area contributed by atoms with Crippen molar-refractivity contribution in [3.63, 3.8) is 0 Å². The standard InChI is InChI=1S/C23H28F3N3O2/c1-28(22(30)20-13-21(31-27-20)18-7-8-18)14-17-5-3-10-29(15-17)11-9-16-4-2-6-19(12-16)23(24,25)26/h2,4,6,12-13,17-18H,3,5,7-11,14-15H2,1H3/t17-/m1/s1. The largest absolute Gasteiger partial charge is 0.416 e. The van der Waals surface area contributed by atoms with E-state index in [0.717, 1.165) is 50.6 Å². The zero-order valence-corrected chi connectivity index (χ0v) is 17.7. The van der Waals surface area contributed by atoms with Crippen LogP contribution < -0.4 is 0 Å². The summed E-state index contributed by atoms with van der Waals surface area (Å²) in [5, 5.41) is 3.94. The minimum Gasteiger partial charge on any atom is -0.360 e. The molecule has 2 heterocycles. The van der Waals surface area contributed by atoms with Crippen molar-refractivity contribution in [1.82, 2.24) is 15.0 Å². The minimum absolute atomic E-state index is 0.128. The van der Waals surface area contributed by atoms with E-state index < -0.39 is 11.7 Å². The maximum absolute atomic E-state index is 12.9. The molecule has 8 heteroatoms. The van der Waals surface area contributed by atoms with Crippen LogP contribution in [-0.4, -0.2) is 54.1 Å². The molecule has 0 bridgehead atoms. The number of rotatable bonds is 7. The number of alkyl halides is 3. The van der Waals surface area contributed by atoms with E-state index in [1.807, 2.05) is 0 Å². The summed E-state index contributed by atoms with van der Waals surface area (Å²) in [6.07, 6.45) is 0.504. The van der Waals surface area contributed by atoms with Gasteiger partial charge in [0.25, 0.3) is 5.91 Å². The van der Waals surface area contributed by atoms with Gasteiger partial charge in [0, 0.05) is 38.7 Å². The lowest BCUT2D eigenvalue weighted by atomic mass is 9.96. The predicted octanol–water partition coefficient (Wildman–Crippen LogP) is 4.60. The van der Waals surface area contributed by atoms with Gasteiger partial charge in [-0.15, -0.1) is 0 Å². The Morgan fingerprint density at radius 3 is 2.81 bits per heavy atom. The summed E-state index contributed by atoms with van der Waals surface area (Å²) in [5.41, 5.74) is 0.461. The molecule has 0 N–H and O–H groups in total. The van der Waals surface area contributed by atoms with E-state index in [-0.39, 0.29) is 5.91 Å². The Morgan fingerprint density at radius 1 is 1.26 bits per heavy atom. The van der Waals surface area contributed by atoms with Gasteiger partial charge in [-0.25, -0.2) is 0 Å². The summed E-state index contributed by atoms with van der Waals surface area (Å²) >= 11 is 0. The minimum atomic E-state index is -4.31. The van der Waals surface area contributed by atoms with Gasteiger partial charge in [0.1, 0.15) is 5.76 Å². The molecule has 2 aliphatic rings. The SMILES string of the molecule is CN(C[C@H]1CCCN(CCc2cccc(C(F)(F)F)c2)C1)C(=O)c1cc(C2CC2)on1. The molecule has 1 atom stereocenters. The lowest BCUT2D eigenvalue weighted by molar-refractivity contribution is -0.137. The van der Waals surface area contributed by atoms with E-state index in [1.54, 1.807) is 24.1 Å². The third-order valence-corrected chi connectivity index (χ3v) is 6.18. The maximum Gasteiger partial charge on any atom is 0.416 e. The van der Waals surface area contributed by atoms with Gasteiger partial charge in [-0.1, -0.05) is 23.4 Å². The summed E-state index contributed by atoms with van der Waals surface area (Å²) in [5.74, 6) is 1.43. The maximum atomic E-state index is 12.9. The van der Waals surface area contributed by atoms with Crippen LogP contribution in [0.5, 0.6) is 0 Å². The van der Waals surface area contributed by atoms with Crippen molar-refractivity contribution in [3.05, 3.63) is 52.9 Å². The van der Waals surface area contributed by atoms with Crippen molar-refractivity contribution in [2.45, 2.75) is 44.2 Å². The van der Waals surface area contributed by atoms with Crippen molar-refractivity contribution < 1.29 is 22.5 Å². The lowest BCUT2D eigenvalue weighted by Crippen LogP contribution is -2.42. The topological polar surface area (TPSA) is 49.6 Å². The van der Waals surface area contributed by atoms with Gasteiger partial charge in [0.2, 0.25) is 0 Å². The molecular weight excluding hydrogens is 407 g/mol. The first kappa shape index (κ1) is 21.9. The number of aromatic nitrogens is 1. The van der Waals surface area contributed by atoms with Crippen LogP contribution in [0, 0.1) is 5.92 Å². The van der Waals surface area contributed by atoms with Crippen LogP contribution in [0.4, 0.5) is 13.2 Å². The lowest BCUT2D eigenvalue weighted by Gasteiger charge is -2.34. The van der Waals surface area contributed by atoms with E-state index in [4.69, 9.17) is 4.52 Å². The Kier molecular flexibility index (Phi) is 6.36. The smallest absolute Gasteiger partial charge is 0.360 e. The molecule has 31 heavy (non-hydrogen) atoms. The quantitative estimate of drug-likeness (QED) is 0.638. The second-order valence-electron chi connectivity index (χ2n) is 8.83. The number of amides is 1. The Hall–Kier alpha value is -2.35. The fourth-order valence-electron chi connectivity index (χ4n) is 4.31. The number of benzene rings is 1. The van der Waals surface area contributed by atoms with Crippen LogP contribution in [0.2, 0.25) is 0 Å². The van der Waals surface area contributed by atoms with Crippen LogP contribution in [0.15, 0.2) is 34.9 Å². The first-order chi connectivity index (χ1) is 14.8. The highest BCUT2D eigenvalue weighted by Gasteiger charge is 2.31. The molecule has 168 valence electrons. The second kappa shape index (κ2) is 9.02. The Labute approximate surface area is 180 Å². The molecule has 1 aliphatic carbocycles. The summed E-state index contributed by atoms with van der Waals surface area (Å²) in [6.45, 7) is 3.11. The fourth-order valence-corrected chi connectivity index (χ4v) is 4.31. The third kappa shape index (κ3) is 5.67. The zero-order chi connectivity index (χ0) is 22.0. The number of piperidine rings is 1. The number of halogens is 3. The second-order valence-corrected chi connectivity index (χ2v) is 8.83. The molecule has 0 spiro atoms. The van der Waals surface area contributed by atoms with E-state index in [1.165, 1.54) is 12.1 Å². The van der Waals surface area contributed by atoms with Crippen LogP contribution >= 0.6 is 0 Å². The van der Waals surface area contributed by atoms with Gasteiger partial charge in [0.15, 0.2) is 5.69 Å². The molecule has 1 saturated heterocycles. The monoisotopic (exact) mass is 435 g/mol. The van der Waals surface area contributed by atoms with Gasteiger partial charge < -0.3 is 14.3 Å². The summed E-state index contributed by atoms with van der Waals surface area (Å²) in [7, 11) is 1.79. The molecular formula is C23H28F3N3O2. The van der Waals surface area contributed by atoms with E-state index in [0.29, 0.717) is 42.6 Å². The molecule has 0 radical (unpaired) electrons. The Morgan fingerprint density at radius 2 is 2.06 bits per heavy atom. The molecule has 1 saturated carbocycles. The van der Waals surface area contributed by atoms with E-state index >= 15 is 0 Å². The Bertz CT molecular complexity index is 907. The van der Waals surface area contributed by atoms with Crippen LogP contribution in [-0.2, 0) is 12.6 Å². The predicted molar refractivity (Wildman–Crippen MR) is 110 cm³/mol. The number of nitrogens with zero attached hydrogens (tertiary/aromatic N) is 3. The molecule has 1 aromatic heterocycles. The molecule has 1 amide bonds. The number of likely N-dealkylation sites (tertiary alicyclic amines) is 1. The van der Waals surface area contributed by atoms with Gasteiger partial charge in [-0.3, -0.25) is 4.79 Å². The molecule has 2 fully saturated rings. The number of carbonyl (C=O) groups excluding carboxylic acids is 1. The highest BCUT2D eigenvalue weighted by Crippen LogP contribution is 2.40. The summed E-state index contributed by atoms with van der Waals surface area (Å²) < 4.78 is 44.0. The molecule has 1 aromatic carbocycles. The van der Waals surface area contributed by atoms with Crippen LogP contribution in [0.25, 0.3) is 0 Å². The normalized spacial score (nSPS) is 20.1. The first-order valence-corrected chi connectivity index (χ1v) is 10.9. The molecule has 1 aliphatic heterocycles. The number of carbonyl (C=O) groups is 1. The van der Waals surface area contributed by atoms with Crippen molar-refractivity contribution in [3.8, 4) is 0 Å². The molecule has 4 rings (SSSR count). The Balaban J connectivity index is 1.27. The van der Waals surface area contributed by atoms with Gasteiger partial charge in [-0.2, -0.15) is 13.2 Å². The first-order valence-electron chi connectivity index (χ1n) is 10.9. The fraction of sp³-hybridized carbons (Fsp3) is 0.565.